The topological polar surface area (TPSA) is 84.3 Å². The van der Waals surface area contributed by atoms with Gasteiger partial charge in [-0.2, -0.15) is 4.31 Å². The molecule has 1 aliphatic rings. The first-order valence-electron chi connectivity index (χ1n) is 10.2. The molecule has 1 aromatic heterocycles. The molecule has 2 heterocycles. The molecule has 0 saturated carbocycles. The summed E-state index contributed by atoms with van der Waals surface area (Å²) < 4.78 is 29.6. The van der Waals surface area contributed by atoms with Crippen LogP contribution >= 0.6 is 0 Å². The van der Waals surface area contributed by atoms with E-state index in [0.717, 1.165) is 36.1 Å². The number of benzene rings is 2. The Hall–Kier alpha value is -2.71. The number of sulfonamides is 1. The van der Waals surface area contributed by atoms with Crippen molar-refractivity contribution in [3.63, 3.8) is 0 Å². The summed E-state index contributed by atoms with van der Waals surface area (Å²) in [6, 6.07) is 14.0. The second-order valence-electron chi connectivity index (χ2n) is 7.75. The summed E-state index contributed by atoms with van der Waals surface area (Å²) in [7, 11) is -1.71. The lowest BCUT2D eigenvalue weighted by Gasteiger charge is -2.32. The van der Waals surface area contributed by atoms with Gasteiger partial charge in [-0.1, -0.05) is 24.6 Å². The number of fused-ring (bicyclic) bond motifs is 1. The van der Waals surface area contributed by atoms with Crippen molar-refractivity contribution in [1.82, 2.24) is 19.2 Å². The largest absolute Gasteiger partial charge is 0.345 e. The Morgan fingerprint density at radius 1 is 1.17 bits per heavy atom. The van der Waals surface area contributed by atoms with Crippen LogP contribution in [-0.2, 0) is 23.6 Å². The summed E-state index contributed by atoms with van der Waals surface area (Å²) in [6.07, 6.45) is 2.76. The van der Waals surface area contributed by atoms with Crippen molar-refractivity contribution in [3.8, 4) is 0 Å². The van der Waals surface area contributed by atoms with Crippen LogP contribution < -0.4 is 5.32 Å². The molecule has 158 valence electrons. The van der Waals surface area contributed by atoms with Crippen LogP contribution in [0.25, 0.3) is 11.0 Å². The molecule has 1 N–H and O–H groups in total. The van der Waals surface area contributed by atoms with Crippen LogP contribution in [0.1, 0.15) is 42.4 Å². The van der Waals surface area contributed by atoms with E-state index >= 15 is 0 Å². The molecule has 0 radical (unpaired) electrons. The number of para-hydroxylation sites is 2. The maximum absolute atomic E-state index is 13.1. The fourth-order valence-electron chi connectivity index (χ4n) is 3.98. The zero-order chi connectivity index (χ0) is 21.3. The summed E-state index contributed by atoms with van der Waals surface area (Å²) in [4.78, 5) is 17.4. The highest BCUT2D eigenvalue weighted by Gasteiger charge is 2.31. The Balaban J connectivity index is 1.51. The smallest absolute Gasteiger partial charge is 0.251 e. The SMILES string of the molecule is CC1CCCCN1S(=O)(=O)c1cccc(C(=O)NCc2nc3ccccc3n2C)c1. The van der Waals surface area contributed by atoms with Gasteiger partial charge in [0.15, 0.2) is 0 Å². The number of imidazole rings is 1. The molecule has 30 heavy (non-hydrogen) atoms. The molecule has 1 atom stereocenters. The first kappa shape index (κ1) is 20.6. The Bertz CT molecular complexity index is 1190. The van der Waals surface area contributed by atoms with Gasteiger partial charge < -0.3 is 9.88 Å². The van der Waals surface area contributed by atoms with Crippen LogP contribution in [-0.4, -0.2) is 40.8 Å². The molecule has 3 aromatic rings. The molecule has 0 bridgehead atoms. The number of aromatic nitrogens is 2. The second kappa shape index (κ2) is 8.20. The van der Waals surface area contributed by atoms with Crippen LogP contribution in [0.4, 0.5) is 0 Å². The van der Waals surface area contributed by atoms with E-state index in [9.17, 15) is 13.2 Å². The van der Waals surface area contributed by atoms with Gasteiger partial charge in [0, 0.05) is 25.2 Å². The van der Waals surface area contributed by atoms with Crippen molar-refractivity contribution in [2.24, 2.45) is 7.05 Å². The molecule has 4 rings (SSSR count). The van der Waals surface area contributed by atoms with Crippen molar-refractivity contribution in [1.29, 1.82) is 0 Å². The molecule has 7 nitrogen and oxygen atoms in total. The molecule has 1 fully saturated rings. The zero-order valence-electron chi connectivity index (χ0n) is 17.2. The van der Waals surface area contributed by atoms with Crippen LogP contribution in [0.2, 0.25) is 0 Å². The summed E-state index contributed by atoms with van der Waals surface area (Å²) in [5.41, 5.74) is 2.18. The van der Waals surface area contributed by atoms with E-state index in [-0.39, 0.29) is 23.4 Å². The van der Waals surface area contributed by atoms with Gasteiger partial charge >= 0.3 is 0 Å². The van der Waals surface area contributed by atoms with E-state index in [1.807, 2.05) is 42.8 Å². The van der Waals surface area contributed by atoms with Gasteiger partial charge in [0.25, 0.3) is 5.91 Å². The number of hydrogen-bond donors (Lipinski definition) is 1. The van der Waals surface area contributed by atoms with Gasteiger partial charge in [-0.05, 0) is 50.1 Å². The van der Waals surface area contributed by atoms with E-state index in [1.165, 1.54) is 6.07 Å². The fourth-order valence-corrected chi connectivity index (χ4v) is 5.72. The van der Waals surface area contributed by atoms with Crippen LogP contribution in [0.3, 0.4) is 0 Å². The van der Waals surface area contributed by atoms with Crippen LogP contribution in [0.5, 0.6) is 0 Å². The van der Waals surface area contributed by atoms with Gasteiger partial charge in [0.1, 0.15) is 5.82 Å². The van der Waals surface area contributed by atoms with E-state index in [4.69, 9.17) is 0 Å². The van der Waals surface area contributed by atoms with E-state index in [0.29, 0.717) is 12.1 Å². The van der Waals surface area contributed by atoms with Gasteiger partial charge in [0.2, 0.25) is 10.0 Å². The Morgan fingerprint density at radius 3 is 2.73 bits per heavy atom. The average molecular weight is 427 g/mol. The first-order valence-corrected chi connectivity index (χ1v) is 11.6. The highest BCUT2D eigenvalue weighted by atomic mass is 32.2. The van der Waals surface area contributed by atoms with E-state index in [1.54, 1.807) is 22.5 Å². The predicted molar refractivity (Wildman–Crippen MR) is 116 cm³/mol. The number of piperidine rings is 1. The number of aryl methyl sites for hydroxylation is 1. The van der Waals surface area contributed by atoms with Gasteiger partial charge in [-0.3, -0.25) is 4.79 Å². The highest BCUT2D eigenvalue weighted by Crippen LogP contribution is 2.25. The molecule has 2 aromatic carbocycles. The van der Waals surface area contributed by atoms with E-state index in [2.05, 4.69) is 10.3 Å². The lowest BCUT2D eigenvalue weighted by atomic mass is 10.1. The number of rotatable bonds is 5. The lowest BCUT2D eigenvalue weighted by Crippen LogP contribution is -2.42. The zero-order valence-corrected chi connectivity index (χ0v) is 18.0. The summed E-state index contributed by atoms with van der Waals surface area (Å²) >= 11 is 0. The Morgan fingerprint density at radius 2 is 1.97 bits per heavy atom. The summed E-state index contributed by atoms with van der Waals surface area (Å²) in [5, 5.41) is 2.85. The molecular formula is C22H26N4O3S. The number of carbonyl (C=O) groups is 1. The maximum Gasteiger partial charge on any atom is 0.251 e. The molecule has 0 aliphatic carbocycles. The Labute approximate surface area is 176 Å². The van der Waals surface area contributed by atoms with Crippen molar-refractivity contribution >= 4 is 27.0 Å². The van der Waals surface area contributed by atoms with Gasteiger partial charge in [-0.25, -0.2) is 13.4 Å². The van der Waals surface area contributed by atoms with Crippen molar-refractivity contribution < 1.29 is 13.2 Å². The number of hydrogen-bond acceptors (Lipinski definition) is 4. The molecule has 1 aliphatic heterocycles. The monoisotopic (exact) mass is 426 g/mol. The highest BCUT2D eigenvalue weighted by molar-refractivity contribution is 7.89. The quantitative estimate of drug-likeness (QED) is 0.680. The minimum absolute atomic E-state index is 0.0289. The normalized spacial score (nSPS) is 17.9. The van der Waals surface area contributed by atoms with Crippen molar-refractivity contribution in [2.75, 3.05) is 6.54 Å². The number of amides is 1. The van der Waals surface area contributed by atoms with Crippen LogP contribution in [0, 0.1) is 0 Å². The standard InChI is InChI=1S/C22H26N4O3S/c1-16-8-5-6-13-26(16)30(28,29)18-10-7-9-17(14-18)22(27)23-15-21-24-19-11-3-4-12-20(19)25(21)2/h3-4,7,9-12,14,16H,5-6,8,13,15H2,1-2H3,(H,23,27). The van der Waals surface area contributed by atoms with Gasteiger partial charge in [0.05, 0.1) is 22.5 Å². The number of carbonyl (C=O) groups excluding carboxylic acids is 1. The Kier molecular flexibility index (Phi) is 5.62. The predicted octanol–water partition coefficient (Wildman–Crippen LogP) is 3.07. The molecule has 1 amide bonds. The number of nitrogens with one attached hydrogen (secondary N) is 1. The van der Waals surface area contributed by atoms with Crippen molar-refractivity contribution in [2.45, 2.75) is 43.7 Å². The second-order valence-corrected chi connectivity index (χ2v) is 9.64. The fraction of sp³-hybridized carbons (Fsp3) is 0.364. The lowest BCUT2D eigenvalue weighted by molar-refractivity contribution is 0.0949. The first-order chi connectivity index (χ1) is 14.4. The molecule has 8 heteroatoms. The van der Waals surface area contributed by atoms with E-state index < -0.39 is 10.0 Å². The minimum Gasteiger partial charge on any atom is -0.345 e. The third-order valence-electron chi connectivity index (χ3n) is 5.73. The van der Waals surface area contributed by atoms with Crippen LogP contribution in [0.15, 0.2) is 53.4 Å². The average Bonchev–Trinajstić information content (AvgIpc) is 3.08. The molecular weight excluding hydrogens is 400 g/mol. The molecule has 0 spiro atoms. The minimum atomic E-state index is -3.62. The van der Waals surface area contributed by atoms with Gasteiger partial charge in [-0.15, -0.1) is 0 Å². The summed E-state index contributed by atoms with van der Waals surface area (Å²) in [5.74, 6) is 0.404. The third-order valence-corrected chi connectivity index (χ3v) is 7.74. The molecule has 1 saturated heterocycles. The molecule has 1 unspecified atom stereocenters. The summed E-state index contributed by atoms with van der Waals surface area (Å²) in [6.45, 7) is 2.71. The third kappa shape index (κ3) is 3.85. The van der Waals surface area contributed by atoms with Crippen molar-refractivity contribution in [3.05, 3.63) is 59.9 Å². The maximum atomic E-state index is 13.1. The number of nitrogens with zero attached hydrogens (tertiary/aromatic N) is 3.